The molecule has 1 aliphatic rings. The number of hydrogen-bond acceptors (Lipinski definition) is 4. The fourth-order valence-corrected chi connectivity index (χ4v) is 3.08. The summed E-state index contributed by atoms with van der Waals surface area (Å²) in [6.07, 6.45) is -1.06. The standard InChI is InChI=1S/C18H16BrFN2O4/c19-13-6-7-15(20)12(10-13)11-21-17(24)26-18(25)8-9-22(16(18)23)14-4-2-1-3-5-14/h1-7,10,25H,8-9,11H2,(H,21,24)/t18-/m0/s1. The van der Waals surface area contributed by atoms with Crippen molar-refractivity contribution in [3.05, 3.63) is 64.4 Å². The first-order valence-corrected chi connectivity index (χ1v) is 8.68. The molecule has 1 heterocycles. The molecule has 136 valence electrons. The van der Waals surface area contributed by atoms with E-state index in [1.807, 2.05) is 0 Å². The van der Waals surface area contributed by atoms with Gasteiger partial charge in [-0.25, -0.2) is 9.18 Å². The zero-order valence-corrected chi connectivity index (χ0v) is 15.2. The van der Waals surface area contributed by atoms with Gasteiger partial charge in [-0.05, 0) is 30.3 Å². The number of ether oxygens (including phenoxy) is 1. The Morgan fingerprint density at radius 2 is 2.04 bits per heavy atom. The normalized spacial score (nSPS) is 19.5. The number of carbonyl (C=O) groups excluding carboxylic acids is 2. The van der Waals surface area contributed by atoms with Gasteiger partial charge in [-0.3, -0.25) is 4.79 Å². The van der Waals surface area contributed by atoms with Crippen LogP contribution in [0.1, 0.15) is 12.0 Å². The molecule has 6 nitrogen and oxygen atoms in total. The van der Waals surface area contributed by atoms with E-state index in [2.05, 4.69) is 21.2 Å². The highest BCUT2D eigenvalue weighted by Crippen LogP contribution is 2.29. The molecule has 8 heteroatoms. The van der Waals surface area contributed by atoms with Crippen molar-refractivity contribution in [2.45, 2.75) is 18.8 Å². The smallest absolute Gasteiger partial charge is 0.407 e. The quantitative estimate of drug-likeness (QED) is 0.742. The lowest BCUT2D eigenvalue weighted by Crippen LogP contribution is -2.46. The number of nitrogens with one attached hydrogen (secondary N) is 1. The van der Waals surface area contributed by atoms with Crippen LogP contribution in [0, 0.1) is 5.82 Å². The van der Waals surface area contributed by atoms with Crippen LogP contribution in [0.2, 0.25) is 0 Å². The van der Waals surface area contributed by atoms with E-state index in [0.29, 0.717) is 10.2 Å². The first-order chi connectivity index (χ1) is 12.4. The number of halogens is 2. The summed E-state index contributed by atoms with van der Waals surface area (Å²) in [5, 5.41) is 12.7. The largest absolute Gasteiger partial charge is 0.410 e. The summed E-state index contributed by atoms with van der Waals surface area (Å²) in [5.74, 6) is -3.44. The number of para-hydroxylation sites is 1. The summed E-state index contributed by atoms with van der Waals surface area (Å²) in [4.78, 5) is 25.8. The Balaban J connectivity index is 1.62. The van der Waals surface area contributed by atoms with Gasteiger partial charge in [0.1, 0.15) is 5.82 Å². The van der Waals surface area contributed by atoms with Gasteiger partial charge in [-0.15, -0.1) is 0 Å². The van der Waals surface area contributed by atoms with Crippen molar-refractivity contribution in [2.75, 3.05) is 11.4 Å². The maximum Gasteiger partial charge on any atom is 0.410 e. The van der Waals surface area contributed by atoms with Crippen LogP contribution in [0.3, 0.4) is 0 Å². The minimum atomic E-state index is -2.24. The Morgan fingerprint density at radius 1 is 1.31 bits per heavy atom. The van der Waals surface area contributed by atoms with Gasteiger partial charge in [-0.1, -0.05) is 34.1 Å². The number of nitrogens with zero attached hydrogens (tertiary/aromatic N) is 1. The van der Waals surface area contributed by atoms with E-state index in [1.165, 1.54) is 23.1 Å². The van der Waals surface area contributed by atoms with E-state index in [0.717, 1.165) is 0 Å². The van der Waals surface area contributed by atoms with E-state index in [1.54, 1.807) is 30.3 Å². The van der Waals surface area contributed by atoms with Crippen molar-refractivity contribution < 1.29 is 23.8 Å². The summed E-state index contributed by atoms with van der Waals surface area (Å²) in [7, 11) is 0. The number of alkyl carbamates (subject to hydrolysis) is 1. The molecule has 0 spiro atoms. The van der Waals surface area contributed by atoms with Crippen LogP contribution < -0.4 is 10.2 Å². The molecule has 2 amide bonds. The number of rotatable bonds is 4. The summed E-state index contributed by atoms with van der Waals surface area (Å²) < 4.78 is 19.3. The molecule has 1 aliphatic heterocycles. The van der Waals surface area contributed by atoms with E-state index < -0.39 is 23.6 Å². The molecule has 0 radical (unpaired) electrons. The Kier molecular flexibility index (Phi) is 5.24. The SMILES string of the molecule is O=C(NCc1cc(Br)ccc1F)O[C@@]1(O)CCN(c2ccccc2)C1=O. The Labute approximate surface area is 157 Å². The van der Waals surface area contributed by atoms with Crippen LogP contribution >= 0.6 is 15.9 Å². The minimum absolute atomic E-state index is 0.0562. The second kappa shape index (κ2) is 7.43. The van der Waals surface area contributed by atoms with Crippen LogP contribution in [0.25, 0.3) is 0 Å². The second-order valence-corrected chi connectivity index (χ2v) is 6.72. The van der Waals surface area contributed by atoms with Crippen LogP contribution in [0.5, 0.6) is 0 Å². The maximum atomic E-state index is 13.7. The van der Waals surface area contributed by atoms with E-state index in [9.17, 15) is 19.1 Å². The average molecular weight is 423 g/mol. The molecule has 0 aromatic heterocycles. The highest BCUT2D eigenvalue weighted by molar-refractivity contribution is 9.10. The first-order valence-electron chi connectivity index (χ1n) is 7.89. The molecule has 3 rings (SSSR count). The molecule has 0 bridgehead atoms. The zero-order valence-electron chi connectivity index (χ0n) is 13.6. The van der Waals surface area contributed by atoms with Crippen LogP contribution in [0.4, 0.5) is 14.9 Å². The number of aliphatic hydroxyl groups is 1. The lowest BCUT2D eigenvalue weighted by molar-refractivity contribution is -0.175. The van der Waals surface area contributed by atoms with Crippen molar-refractivity contribution in [3.63, 3.8) is 0 Å². The van der Waals surface area contributed by atoms with Crippen molar-refractivity contribution in [1.82, 2.24) is 5.32 Å². The van der Waals surface area contributed by atoms with Crippen molar-refractivity contribution in [1.29, 1.82) is 0 Å². The molecule has 2 aromatic carbocycles. The molecule has 2 N–H and O–H groups in total. The third kappa shape index (κ3) is 3.86. The topological polar surface area (TPSA) is 78.9 Å². The fourth-order valence-electron chi connectivity index (χ4n) is 2.67. The Morgan fingerprint density at radius 3 is 2.77 bits per heavy atom. The molecule has 1 atom stereocenters. The van der Waals surface area contributed by atoms with Crippen molar-refractivity contribution in [3.8, 4) is 0 Å². The van der Waals surface area contributed by atoms with Crippen molar-refractivity contribution in [2.24, 2.45) is 0 Å². The molecule has 26 heavy (non-hydrogen) atoms. The van der Waals surface area contributed by atoms with Gasteiger partial charge in [0.05, 0.1) is 0 Å². The number of benzene rings is 2. The summed E-state index contributed by atoms with van der Waals surface area (Å²) in [6, 6.07) is 13.1. The lowest BCUT2D eigenvalue weighted by atomic mass is 10.2. The fraction of sp³-hybridized carbons (Fsp3) is 0.222. The Bertz CT molecular complexity index is 833. The molecule has 0 unspecified atom stereocenters. The highest BCUT2D eigenvalue weighted by Gasteiger charge is 2.49. The minimum Gasteiger partial charge on any atom is -0.407 e. The van der Waals surface area contributed by atoms with Gasteiger partial charge in [0.25, 0.3) is 11.7 Å². The summed E-state index contributed by atoms with van der Waals surface area (Å²) in [5.41, 5.74) is 0.848. The second-order valence-electron chi connectivity index (χ2n) is 5.81. The number of carbonyl (C=O) groups is 2. The maximum absolute atomic E-state index is 13.7. The van der Waals surface area contributed by atoms with Gasteiger partial charge in [-0.2, -0.15) is 0 Å². The third-order valence-corrected chi connectivity index (χ3v) is 4.51. The van der Waals surface area contributed by atoms with Crippen LogP contribution in [0.15, 0.2) is 53.0 Å². The molecule has 0 aliphatic carbocycles. The molecular formula is C18H16BrFN2O4. The van der Waals surface area contributed by atoms with E-state index in [-0.39, 0.29) is 25.1 Å². The highest BCUT2D eigenvalue weighted by atomic mass is 79.9. The lowest BCUT2D eigenvalue weighted by Gasteiger charge is -2.22. The molecule has 0 saturated carbocycles. The number of anilines is 1. The Hall–Kier alpha value is -2.45. The predicted octanol–water partition coefficient (Wildman–Crippen LogP) is 2.94. The van der Waals surface area contributed by atoms with Gasteiger partial charge in [0, 0.05) is 35.2 Å². The summed E-state index contributed by atoms with van der Waals surface area (Å²) in [6.45, 7) is 0.0731. The molecular weight excluding hydrogens is 407 g/mol. The average Bonchev–Trinajstić information content (AvgIpc) is 2.91. The van der Waals surface area contributed by atoms with Gasteiger partial charge in [0.2, 0.25) is 0 Å². The molecule has 2 aromatic rings. The van der Waals surface area contributed by atoms with Crippen LogP contribution in [-0.4, -0.2) is 29.4 Å². The van der Waals surface area contributed by atoms with E-state index in [4.69, 9.17) is 4.74 Å². The van der Waals surface area contributed by atoms with Crippen LogP contribution in [-0.2, 0) is 16.1 Å². The number of hydrogen-bond donors (Lipinski definition) is 2. The predicted molar refractivity (Wildman–Crippen MR) is 95.8 cm³/mol. The zero-order chi connectivity index (χ0) is 18.7. The number of amides is 2. The van der Waals surface area contributed by atoms with Crippen molar-refractivity contribution >= 4 is 33.6 Å². The van der Waals surface area contributed by atoms with Gasteiger partial charge < -0.3 is 20.1 Å². The molecule has 1 saturated heterocycles. The van der Waals surface area contributed by atoms with E-state index >= 15 is 0 Å². The monoisotopic (exact) mass is 422 g/mol. The third-order valence-electron chi connectivity index (χ3n) is 4.01. The van der Waals surface area contributed by atoms with Gasteiger partial charge >= 0.3 is 6.09 Å². The molecule has 1 fully saturated rings. The summed E-state index contributed by atoms with van der Waals surface area (Å²) >= 11 is 3.22. The first kappa shape index (κ1) is 18.3. The van der Waals surface area contributed by atoms with Gasteiger partial charge in [0.15, 0.2) is 0 Å².